The van der Waals surface area contributed by atoms with Gasteiger partial charge in [-0.2, -0.15) is 10.2 Å². The Morgan fingerprint density at radius 1 is 0.600 bits per heavy atom. The normalized spacial score (nSPS) is 11.0. The topological polar surface area (TPSA) is 256 Å². The number of carbonyl (C=O) groups is 4. The number of unbranched alkanes of at least 4 members (excludes halogenated alkanes) is 3. The van der Waals surface area contributed by atoms with Crippen molar-refractivity contribution in [3.63, 3.8) is 0 Å². The first kappa shape index (κ1) is 32.8. The molecule has 0 aliphatic rings. The second-order valence-electron chi connectivity index (χ2n) is 10.7. The Balaban J connectivity index is 0.974. The number of nitrogens with one attached hydrogen (secondary N) is 2. The van der Waals surface area contributed by atoms with Gasteiger partial charge in [0.15, 0.2) is 34.4 Å². The summed E-state index contributed by atoms with van der Waals surface area (Å²) in [6, 6.07) is 6.09. The van der Waals surface area contributed by atoms with E-state index in [4.69, 9.17) is 0 Å². The molecule has 20 nitrogen and oxygen atoms in total. The lowest BCUT2D eigenvalue weighted by molar-refractivity contribution is 0.0679. The Labute approximate surface area is 281 Å². The molecule has 0 bridgehead atoms. The number of carbonyl (C=O) groups excluding carboxylic acids is 2. The highest BCUT2D eigenvalue weighted by molar-refractivity contribution is 6.06. The Morgan fingerprint density at radius 3 is 1.38 bits per heavy atom. The van der Waals surface area contributed by atoms with Crippen molar-refractivity contribution in [1.82, 2.24) is 59.1 Å². The van der Waals surface area contributed by atoms with Crippen LogP contribution >= 0.6 is 0 Å². The van der Waals surface area contributed by atoms with Crippen LogP contribution in [0, 0.1) is 0 Å². The molecule has 4 N–H and O–H groups in total. The molecule has 0 aliphatic carbocycles. The van der Waals surface area contributed by atoms with Gasteiger partial charge in [0.2, 0.25) is 0 Å². The van der Waals surface area contributed by atoms with Crippen LogP contribution in [0.15, 0.2) is 74.1 Å². The molecule has 0 fully saturated rings. The number of carboxylic acids is 2. The average molecular weight is 681 g/mol. The zero-order valence-electron chi connectivity index (χ0n) is 26.1. The van der Waals surface area contributed by atoms with Crippen LogP contribution in [-0.4, -0.2) is 93.0 Å². The third kappa shape index (κ3) is 7.70. The molecule has 0 spiro atoms. The number of carboxylic acid groups (broad SMARTS) is 2. The van der Waals surface area contributed by atoms with Gasteiger partial charge in [0.25, 0.3) is 11.8 Å². The minimum atomic E-state index is -1.30. The predicted octanol–water partition coefficient (Wildman–Crippen LogP) is 2.19. The van der Waals surface area contributed by atoms with Crippen molar-refractivity contribution < 1.29 is 29.4 Å². The summed E-state index contributed by atoms with van der Waals surface area (Å²) in [7, 11) is 0. The third-order valence-corrected chi connectivity index (χ3v) is 7.25. The van der Waals surface area contributed by atoms with Crippen LogP contribution in [0.5, 0.6) is 0 Å². The van der Waals surface area contributed by atoms with Gasteiger partial charge in [0.1, 0.15) is 12.7 Å². The largest absolute Gasteiger partial charge is 0.476 e. The van der Waals surface area contributed by atoms with Gasteiger partial charge >= 0.3 is 11.9 Å². The Kier molecular flexibility index (Phi) is 9.68. The zero-order chi connectivity index (χ0) is 35.0. The monoisotopic (exact) mass is 680 g/mol. The maximum atomic E-state index is 12.7. The van der Waals surface area contributed by atoms with E-state index >= 15 is 0 Å². The third-order valence-electron chi connectivity index (χ3n) is 7.25. The van der Waals surface area contributed by atoms with Gasteiger partial charge in [-0.05, 0) is 37.1 Å². The number of imidazole rings is 2. The van der Waals surface area contributed by atoms with Crippen LogP contribution < -0.4 is 10.6 Å². The maximum absolute atomic E-state index is 12.7. The van der Waals surface area contributed by atoms with Gasteiger partial charge in [0.05, 0.1) is 11.4 Å². The van der Waals surface area contributed by atoms with Crippen molar-refractivity contribution in [3.05, 3.63) is 96.9 Å². The summed E-state index contributed by atoms with van der Waals surface area (Å²) in [4.78, 5) is 56.9. The molecule has 0 aromatic carbocycles. The maximum Gasteiger partial charge on any atom is 0.358 e. The average Bonchev–Trinajstić information content (AvgIpc) is 3.95. The minimum Gasteiger partial charge on any atom is -0.476 e. The molecule has 6 rings (SSSR count). The van der Waals surface area contributed by atoms with Gasteiger partial charge in [-0.1, -0.05) is 12.8 Å². The number of anilines is 2. The molecule has 6 heterocycles. The van der Waals surface area contributed by atoms with Gasteiger partial charge in [-0.25, -0.2) is 19.6 Å². The number of aromatic carboxylic acids is 2. The number of hydrogen-bond acceptors (Lipinski definition) is 12. The number of aryl methyl sites for hydroxylation is 2. The lowest BCUT2D eigenvalue weighted by Gasteiger charge is -2.04. The van der Waals surface area contributed by atoms with Gasteiger partial charge in [-0.3, -0.25) is 28.1 Å². The molecule has 50 heavy (non-hydrogen) atoms. The molecule has 0 atom stereocenters. The predicted molar refractivity (Wildman–Crippen MR) is 171 cm³/mol. The minimum absolute atomic E-state index is 0.00815. The molecule has 0 unspecified atom stereocenters. The van der Waals surface area contributed by atoms with Crippen molar-refractivity contribution >= 4 is 35.1 Å². The number of rotatable bonds is 15. The van der Waals surface area contributed by atoms with E-state index in [1.807, 2.05) is 0 Å². The Bertz CT molecular complexity index is 1950. The fourth-order valence-electron chi connectivity index (χ4n) is 4.80. The van der Waals surface area contributed by atoms with Crippen LogP contribution in [0.1, 0.15) is 67.6 Å². The van der Waals surface area contributed by atoms with E-state index < -0.39 is 23.8 Å². The van der Waals surface area contributed by atoms with Crippen molar-refractivity contribution in [2.45, 2.75) is 38.8 Å². The first-order chi connectivity index (χ1) is 24.2. The van der Waals surface area contributed by atoms with E-state index in [9.17, 15) is 29.4 Å². The van der Waals surface area contributed by atoms with Crippen LogP contribution in [-0.2, 0) is 13.1 Å². The first-order valence-electron chi connectivity index (χ1n) is 15.1. The summed E-state index contributed by atoms with van der Waals surface area (Å²) in [5.41, 5.74) is -0.585. The van der Waals surface area contributed by atoms with Crippen molar-refractivity contribution in [2.75, 3.05) is 10.6 Å². The summed E-state index contributed by atoms with van der Waals surface area (Å²) in [5.74, 6) is -2.96. The van der Waals surface area contributed by atoms with Crippen LogP contribution in [0.25, 0.3) is 11.6 Å². The van der Waals surface area contributed by atoms with E-state index in [0.717, 1.165) is 12.8 Å². The van der Waals surface area contributed by atoms with Crippen LogP contribution in [0.2, 0.25) is 0 Å². The fourth-order valence-corrected chi connectivity index (χ4v) is 4.80. The number of amides is 2. The van der Waals surface area contributed by atoms with E-state index in [0.29, 0.717) is 37.6 Å². The summed E-state index contributed by atoms with van der Waals surface area (Å²) < 4.78 is 6.14. The molecule has 20 heteroatoms. The number of aromatic nitrogens is 12. The lowest BCUT2D eigenvalue weighted by atomic mass is 10.2. The second-order valence-corrected chi connectivity index (χ2v) is 10.7. The van der Waals surface area contributed by atoms with Gasteiger partial charge in [-0.15, -0.1) is 20.4 Å². The van der Waals surface area contributed by atoms with Crippen molar-refractivity contribution in [3.8, 4) is 11.6 Å². The molecule has 254 valence electrons. The summed E-state index contributed by atoms with van der Waals surface area (Å²) in [6.07, 6.45) is 15.3. The molecule has 6 aromatic rings. The Morgan fingerprint density at radius 2 is 1.04 bits per heavy atom. The van der Waals surface area contributed by atoms with Gasteiger partial charge < -0.3 is 20.8 Å². The van der Waals surface area contributed by atoms with E-state index in [1.54, 1.807) is 46.1 Å². The molecular weight excluding hydrogens is 652 g/mol. The fraction of sp³-hybridized carbons (Fsp3) is 0.200. The highest BCUT2D eigenvalue weighted by Crippen LogP contribution is 2.18. The SMILES string of the molecule is O=C(Nc1cn(CCCCCCn2cc(NC(=O)c3ccc(-n4ccnc4)nn3)c(C(=O)O)n2)nc1C(=O)O)c1ccc(-n2ccnc2)nn1. The van der Waals surface area contributed by atoms with Crippen molar-refractivity contribution in [1.29, 1.82) is 0 Å². The summed E-state index contributed by atoms with van der Waals surface area (Å²) in [6.45, 7) is 0.783. The van der Waals surface area contributed by atoms with Crippen LogP contribution in [0.3, 0.4) is 0 Å². The molecule has 0 saturated carbocycles. The smallest absolute Gasteiger partial charge is 0.358 e. The highest BCUT2D eigenvalue weighted by atomic mass is 16.4. The zero-order valence-corrected chi connectivity index (χ0v) is 26.1. The number of hydrogen-bond donors (Lipinski definition) is 4. The quantitative estimate of drug-likeness (QED) is 0.113. The Hall–Kier alpha value is -7.12. The van der Waals surface area contributed by atoms with Gasteiger partial charge in [0, 0.05) is 50.3 Å². The summed E-state index contributed by atoms with van der Waals surface area (Å²) in [5, 5.41) is 48.3. The number of nitrogens with zero attached hydrogens (tertiary/aromatic N) is 12. The van der Waals surface area contributed by atoms with E-state index in [-0.39, 0.29) is 34.2 Å². The van der Waals surface area contributed by atoms with E-state index in [2.05, 4.69) is 51.2 Å². The summed E-state index contributed by atoms with van der Waals surface area (Å²) >= 11 is 0. The standard InChI is InChI=1S/C30H28N14O6/c45-27(19-5-7-23(37-35-19)41-13-9-31-17-41)33-21-15-43(39-25(21)29(47)48)11-3-1-2-4-12-44-16-22(26(40-44)30(49)50)34-28(46)20-6-8-24(38-36-20)42-14-10-32-18-42/h5-10,13-18H,1-4,11-12H2,(H,33,45)(H,34,46)(H,47,48)(H,49,50). The molecule has 0 aliphatic heterocycles. The molecule has 0 saturated heterocycles. The van der Waals surface area contributed by atoms with E-state index in [1.165, 1.54) is 46.5 Å². The molecular formula is C30H28N14O6. The van der Waals surface area contributed by atoms with Crippen molar-refractivity contribution in [2.24, 2.45) is 0 Å². The second kappa shape index (κ2) is 14.8. The molecule has 6 aromatic heterocycles. The lowest BCUT2D eigenvalue weighted by Crippen LogP contribution is -2.16. The molecule has 2 amide bonds. The first-order valence-corrected chi connectivity index (χ1v) is 15.1. The van der Waals surface area contributed by atoms with Crippen LogP contribution in [0.4, 0.5) is 11.4 Å². The highest BCUT2D eigenvalue weighted by Gasteiger charge is 2.21. The molecule has 0 radical (unpaired) electrons.